The van der Waals surface area contributed by atoms with Crippen LogP contribution in [-0.2, 0) is 5.41 Å². The average Bonchev–Trinajstić information content (AvgIpc) is 3.47. The van der Waals surface area contributed by atoms with Gasteiger partial charge in [0.15, 0.2) is 0 Å². The standard InChI is InChI=1S/C46H33NO2/c1-31-14-13-23-44(40(31)30-47)49-45-27-25-35(29-39(45)33-17-7-4-8-18-33)46(41-21-11-9-19-36(41)37-20-10-12-22-42(37)46)34-24-26-43(48-2)38(28-34)32-15-5-3-6-16-32/h3-29H,1-2H3. The molecule has 49 heavy (non-hydrogen) atoms. The van der Waals surface area contributed by atoms with Gasteiger partial charge < -0.3 is 9.47 Å². The molecule has 8 rings (SSSR count). The summed E-state index contributed by atoms with van der Waals surface area (Å²) in [6.07, 6.45) is 0. The topological polar surface area (TPSA) is 42.2 Å². The molecule has 0 N–H and O–H groups in total. The van der Waals surface area contributed by atoms with Crippen LogP contribution in [0.3, 0.4) is 0 Å². The van der Waals surface area contributed by atoms with Crippen LogP contribution in [0.15, 0.2) is 164 Å². The van der Waals surface area contributed by atoms with Crippen LogP contribution in [0.4, 0.5) is 0 Å². The van der Waals surface area contributed by atoms with Crippen LogP contribution in [-0.4, -0.2) is 7.11 Å². The number of methoxy groups -OCH3 is 1. The summed E-state index contributed by atoms with van der Waals surface area (Å²) in [7, 11) is 1.73. The monoisotopic (exact) mass is 631 g/mol. The highest BCUT2D eigenvalue weighted by Gasteiger charge is 2.46. The van der Waals surface area contributed by atoms with Crippen LogP contribution < -0.4 is 9.47 Å². The Morgan fingerprint density at radius 1 is 0.490 bits per heavy atom. The zero-order valence-electron chi connectivity index (χ0n) is 27.4. The maximum atomic E-state index is 10.0. The lowest BCUT2D eigenvalue weighted by Crippen LogP contribution is -2.28. The summed E-state index contributed by atoms with van der Waals surface area (Å²) in [4.78, 5) is 0. The van der Waals surface area contributed by atoms with Gasteiger partial charge in [0.25, 0.3) is 0 Å². The fourth-order valence-electron chi connectivity index (χ4n) is 7.49. The number of nitriles is 1. The van der Waals surface area contributed by atoms with Crippen molar-refractivity contribution in [2.24, 2.45) is 0 Å². The van der Waals surface area contributed by atoms with Gasteiger partial charge in [-0.15, -0.1) is 0 Å². The van der Waals surface area contributed by atoms with Crippen molar-refractivity contribution in [2.45, 2.75) is 12.3 Å². The van der Waals surface area contributed by atoms with Crippen molar-refractivity contribution in [1.82, 2.24) is 0 Å². The van der Waals surface area contributed by atoms with E-state index in [0.717, 1.165) is 44.7 Å². The first-order chi connectivity index (χ1) is 24.1. The molecule has 0 saturated heterocycles. The molecule has 7 aromatic rings. The van der Waals surface area contributed by atoms with Crippen LogP contribution in [0, 0.1) is 18.3 Å². The Labute approximate surface area is 287 Å². The van der Waals surface area contributed by atoms with E-state index in [2.05, 4.69) is 127 Å². The number of rotatable bonds is 7. The van der Waals surface area contributed by atoms with Crippen LogP contribution in [0.5, 0.6) is 17.2 Å². The zero-order valence-corrected chi connectivity index (χ0v) is 27.4. The quantitative estimate of drug-likeness (QED) is 0.176. The summed E-state index contributed by atoms with van der Waals surface area (Å²) >= 11 is 0. The summed E-state index contributed by atoms with van der Waals surface area (Å²) in [5.74, 6) is 2.05. The predicted molar refractivity (Wildman–Crippen MR) is 197 cm³/mol. The molecule has 0 unspecified atom stereocenters. The Bertz CT molecular complexity index is 2320. The molecule has 0 saturated carbocycles. The molecule has 0 aliphatic heterocycles. The van der Waals surface area contributed by atoms with Gasteiger partial charge in [-0.3, -0.25) is 0 Å². The Hall–Kier alpha value is -6.37. The van der Waals surface area contributed by atoms with Gasteiger partial charge in [0.05, 0.1) is 18.1 Å². The molecule has 0 fully saturated rings. The van der Waals surface area contributed by atoms with Gasteiger partial charge in [-0.1, -0.05) is 133 Å². The zero-order chi connectivity index (χ0) is 33.4. The first-order valence-corrected chi connectivity index (χ1v) is 16.4. The summed E-state index contributed by atoms with van der Waals surface area (Å²) in [6, 6.07) is 59.5. The molecule has 0 heterocycles. The Balaban J connectivity index is 1.43. The van der Waals surface area contributed by atoms with Crippen LogP contribution >= 0.6 is 0 Å². The van der Waals surface area contributed by atoms with E-state index < -0.39 is 5.41 Å². The minimum absolute atomic E-state index is 0.535. The van der Waals surface area contributed by atoms with E-state index in [4.69, 9.17) is 9.47 Å². The number of benzene rings is 7. The molecule has 3 heteroatoms. The second kappa shape index (κ2) is 12.3. The van der Waals surface area contributed by atoms with E-state index in [1.807, 2.05) is 49.4 Å². The van der Waals surface area contributed by atoms with E-state index in [1.54, 1.807) is 7.11 Å². The molecular weight excluding hydrogens is 599 g/mol. The molecule has 3 nitrogen and oxygen atoms in total. The maximum Gasteiger partial charge on any atom is 0.145 e. The van der Waals surface area contributed by atoms with Gasteiger partial charge in [0.1, 0.15) is 23.3 Å². The van der Waals surface area contributed by atoms with E-state index in [-0.39, 0.29) is 0 Å². The molecule has 7 aromatic carbocycles. The smallest absolute Gasteiger partial charge is 0.145 e. The van der Waals surface area contributed by atoms with Gasteiger partial charge in [0, 0.05) is 11.1 Å². The molecule has 1 aliphatic carbocycles. The van der Waals surface area contributed by atoms with Gasteiger partial charge in [-0.25, -0.2) is 0 Å². The van der Waals surface area contributed by atoms with Crippen LogP contribution in [0.25, 0.3) is 33.4 Å². The third kappa shape index (κ3) is 4.89. The third-order valence-electron chi connectivity index (χ3n) is 9.73. The van der Waals surface area contributed by atoms with Crippen molar-refractivity contribution >= 4 is 0 Å². The molecule has 0 bridgehead atoms. The van der Waals surface area contributed by atoms with Crippen molar-refractivity contribution in [1.29, 1.82) is 5.26 Å². The minimum Gasteiger partial charge on any atom is -0.496 e. The van der Waals surface area contributed by atoms with Gasteiger partial charge in [-0.05, 0) is 87.3 Å². The Morgan fingerprint density at radius 2 is 1.00 bits per heavy atom. The first kappa shape index (κ1) is 30.0. The first-order valence-electron chi connectivity index (χ1n) is 16.4. The summed E-state index contributed by atoms with van der Waals surface area (Å²) in [6.45, 7) is 1.93. The van der Waals surface area contributed by atoms with Crippen molar-refractivity contribution in [3.8, 4) is 56.7 Å². The predicted octanol–water partition coefficient (Wildman–Crippen LogP) is 11.4. The average molecular weight is 632 g/mol. The number of hydrogen-bond donors (Lipinski definition) is 0. The Kier molecular flexibility index (Phi) is 7.55. The SMILES string of the molecule is COc1ccc(C2(c3ccc(Oc4cccc(C)c4C#N)c(-c4ccccc4)c3)c3ccccc3-c3ccccc32)cc1-c1ccccc1. The van der Waals surface area contributed by atoms with Crippen molar-refractivity contribution < 1.29 is 9.47 Å². The van der Waals surface area contributed by atoms with Crippen molar-refractivity contribution in [3.63, 3.8) is 0 Å². The highest BCUT2D eigenvalue weighted by molar-refractivity contribution is 5.88. The lowest BCUT2D eigenvalue weighted by atomic mass is 9.67. The van der Waals surface area contributed by atoms with Gasteiger partial charge in [0.2, 0.25) is 0 Å². The van der Waals surface area contributed by atoms with Gasteiger partial charge in [-0.2, -0.15) is 5.26 Å². The molecular formula is C46H33NO2. The highest BCUT2D eigenvalue weighted by atomic mass is 16.5. The lowest BCUT2D eigenvalue weighted by molar-refractivity contribution is 0.416. The van der Waals surface area contributed by atoms with Crippen LogP contribution in [0.2, 0.25) is 0 Å². The van der Waals surface area contributed by atoms with E-state index >= 15 is 0 Å². The summed E-state index contributed by atoms with van der Waals surface area (Å²) in [5.41, 5.74) is 12.0. The summed E-state index contributed by atoms with van der Waals surface area (Å²) < 4.78 is 12.6. The number of nitrogens with zero attached hydrogens (tertiary/aromatic N) is 1. The number of aryl methyl sites for hydroxylation is 1. The van der Waals surface area contributed by atoms with Gasteiger partial charge >= 0.3 is 0 Å². The van der Waals surface area contributed by atoms with E-state index in [1.165, 1.54) is 22.3 Å². The molecule has 0 amide bonds. The number of hydrogen-bond acceptors (Lipinski definition) is 3. The number of fused-ring (bicyclic) bond motifs is 3. The largest absolute Gasteiger partial charge is 0.496 e. The minimum atomic E-state index is -0.647. The second-order valence-electron chi connectivity index (χ2n) is 12.4. The highest BCUT2D eigenvalue weighted by Crippen LogP contribution is 2.57. The Morgan fingerprint density at radius 3 is 1.55 bits per heavy atom. The third-order valence-corrected chi connectivity index (χ3v) is 9.73. The molecule has 1 aliphatic rings. The van der Waals surface area contributed by atoms with Crippen molar-refractivity contribution in [3.05, 3.63) is 197 Å². The molecule has 0 atom stereocenters. The van der Waals surface area contributed by atoms with Crippen LogP contribution in [0.1, 0.15) is 33.4 Å². The normalized spacial score (nSPS) is 12.4. The fraction of sp³-hybridized carbons (Fsp3) is 0.0652. The molecule has 234 valence electrons. The molecule has 0 aromatic heterocycles. The fourth-order valence-corrected chi connectivity index (χ4v) is 7.49. The van der Waals surface area contributed by atoms with E-state index in [9.17, 15) is 5.26 Å². The molecule has 0 spiro atoms. The lowest BCUT2D eigenvalue weighted by Gasteiger charge is -2.35. The molecule has 0 radical (unpaired) electrons. The second-order valence-corrected chi connectivity index (χ2v) is 12.4. The maximum absolute atomic E-state index is 10.0. The number of ether oxygens (including phenoxy) is 2. The van der Waals surface area contributed by atoms with E-state index in [0.29, 0.717) is 17.1 Å². The summed E-state index contributed by atoms with van der Waals surface area (Å²) in [5, 5.41) is 10.0. The van der Waals surface area contributed by atoms with Crippen molar-refractivity contribution in [2.75, 3.05) is 7.11 Å².